The van der Waals surface area contributed by atoms with E-state index in [2.05, 4.69) is 9.88 Å². The van der Waals surface area contributed by atoms with Gasteiger partial charge in [0.2, 0.25) is 0 Å². The second kappa shape index (κ2) is 5.96. The van der Waals surface area contributed by atoms with Crippen molar-refractivity contribution in [1.29, 1.82) is 0 Å². The third-order valence-corrected chi connectivity index (χ3v) is 5.22. The second-order valence-corrected chi connectivity index (χ2v) is 6.96. The van der Waals surface area contributed by atoms with Crippen molar-refractivity contribution in [2.45, 2.75) is 6.54 Å². The van der Waals surface area contributed by atoms with Crippen LogP contribution in [0.4, 0.5) is 0 Å². The average Bonchev–Trinajstić information content (AvgIpc) is 2.40. The zero-order valence-electron chi connectivity index (χ0n) is 11.4. The average molecular weight is 284 g/mol. The third-order valence-electron chi connectivity index (χ3n) is 3.27. The highest BCUT2D eigenvalue weighted by Crippen LogP contribution is 2.12. The molecule has 1 aliphatic rings. The van der Waals surface area contributed by atoms with E-state index in [1.807, 2.05) is 12.1 Å². The van der Waals surface area contributed by atoms with Crippen LogP contribution in [0, 0.1) is 0 Å². The van der Waals surface area contributed by atoms with Crippen LogP contribution in [0.2, 0.25) is 0 Å². The summed E-state index contributed by atoms with van der Waals surface area (Å²) in [5.41, 5.74) is 1.21. The molecule has 1 aliphatic heterocycles. The van der Waals surface area contributed by atoms with Crippen LogP contribution in [0.3, 0.4) is 0 Å². The van der Waals surface area contributed by atoms with Gasteiger partial charge in [0, 0.05) is 59.2 Å². The van der Waals surface area contributed by atoms with Crippen LogP contribution in [-0.4, -0.2) is 67.2 Å². The Morgan fingerprint density at radius 3 is 2.26 bits per heavy atom. The van der Waals surface area contributed by atoms with E-state index in [-0.39, 0.29) is 0 Å². The van der Waals surface area contributed by atoms with Gasteiger partial charge in [0.1, 0.15) is 0 Å². The maximum atomic E-state index is 12.0. The van der Waals surface area contributed by atoms with Crippen LogP contribution in [-0.2, 0) is 16.8 Å². The fourth-order valence-electron chi connectivity index (χ4n) is 2.10. The van der Waals surface area contributed by atoms with Crippen LogP contribution < -0.4 is 0 Å². The molecule has 1 saturated heterocycles. The summed E-state index contributed by atoms with van der Waals surface area (Å²) in [6.07, 6.45) is 3.56. The van der Waals surface area contributed by atoms with Crippen molar-refractivity contribution in [2.75, 3.05) is 40.3 Å². The van der Waals surface area contributed by atoms with Gasteiger partial charge in [-0.3, -0.25) is 9.88 Å². The minimum absolute atomic E-state index is 0.547. The molecule has 7 heteroatoms. The summed E-state index contributed by atoms with van der Waals surface area (Å²) < 4.78 is 26.8. The summed E-state index contributed by atoms with van der Waals surface area (Å²) >= 11 is 0. The Kier molecular flexibility index (Phi) is 4.51. The number of pyridine rings is 1. The molecule has 6 nitrogen and oxygen atoms in total. The summed E-state index contributed by atoms with van der Waals surface area (Å²) in [6.45, 7) is 3.46. The van der Waals surface area contributed by atoms with Gasteiger partial charge in [0.05, 0.1) is 0 Å². The monoisotopic (exact) mass is 284 g/mol. The predicted molar refractivity (Wildman–Crippen MR) is 73.7 cm³/mol. The minimum atomic E-state index is -3.27. The first kappa shape index (κ1) is 14.4. The van der Waals surface area contributed by atoms with Crippen molar-refractivity contribution in [2.24, 2.45) is 0 Å². The highest BCUT2D eigenvalue weighted by molar-refractivity contribution is 7.86. The van der Waals surface area contributed by atoms with E-state index in [0.717, 1.165) is 19.6 Å². The Bertz CT molecular complexity index is 496. The lowest BCUT2D eigenvalue weighted by Crippen LogP contribution is -2.51. The normalized spacial score (nSPS) is 18.9. The Hall–Kier alpha value is -1.02. The van der Waals surface area contributed by atoms with E-state index in [4.69, 9.17) is 0 Å². The second-order valence-electron chi connectivity index (χ2n) is 4.82. The van der Waals surface area contributed by atoms with Crippen LogP contribution >= 0.6 is 0 Å². The van der Waals surface area contributed by atoms with Gasteiger partial charge in [-0.1, -0.05) is 0 Å². The topological polar surface area (TPSA) is 56.8 Å². The van der Waals surface area contributed by atoms with Gasteiger partial charge >= 0.3 is 0 Å². The summed E-state index contributed by atoms with van der Waals surface area (Å²) in [5, 5.41) is 0. The molecule has 19 heavy (non-hydrogen) atoms. The fourth-order valence-corrected chi connectivity index (χ4v) is 3.18. The van der Waals surface area contributed by atoms with Gasteiger partial charge < -0.3 is 0 Å². The molecule has 1 aromatic rings. The molecule has 1 fully saturated rings. The third kappa shape index (κ3) is 3.50. The SMILES string of the molecule is CN(C)S(=O)(=O)N1CCN(Cc2ccncc2)CC1. The van der Waals surface area contributed by atoms with Crippen LogP contribution in [0.15, 0.2) is 24.5 Å². The molecule has 0 aliphatic carbocycles. The lowest BCUT2D eigenvalue weighted by Gasteiger charge is -2.35. The highest BCUT2D eigenvalue weighted by atomic mass is 32.2. The number of nitrogens with zero attached hydrogens (tertiary/aromatic N) is 4. The van der Waals surface area contributed by atoms with Gasteiger partial charge in [0.25, 0.3) is 10.2 Å². The molecular formula is C12H20N4O2S. The predicted octanol–water partition coefficient (Wildman–Crippen LogP) is 0.00560. The largest absolute Gasteiger partial charge is 0.296 e. The van der Waals surface area contributed by atoms with Crippen molar-refractivity contribution < 1.29 is 8.42 Å². The lowest BCUT2D eigenvalue weighted by atomic mass is 10.2. The summed E-state index contributed by atoms with van der Waals surface area (Å²) in [6, 6.07) is 3.98. The zero-order valence-corrected chi connectivity index (χ0v) is 12.2. The lowest BCUT2D eigenvalue weighted by molar-refractivity contribution is 0.177. The summed E-state index contributed by atoms with van der Waals surface area (Å²) in [4.78, 5) is 6.25. The Morgan fingerprint density at radius 1 is 1.16 bits per heavy atom. The highest BCUT2D eigenvalue weighted by Gasteiger charge is 2.28. The smallest absolute Gasteiger partial charge is 0.281 e. The first-order chi connectivity index (χ1) is 9.00. The van der Waals surface area contributed by atoms with Crippen molar-refractivity contribution in [1.82, 2.24) is 18.5 Å². The van der Waals surface area contributed by atoms with E-state index < -0.39 is 10.2 Å². The molecular weight excluding hydrogens is 264 g/mol. The molecule has 0 atom stereocenters. The molecule has 2 rings (SSSR count). The van der Waals surface area contributed by atoms with Crippen LogP contribution in [0.5, 0.6) is 0 Å². The Balaban J connectivity index is 1.90. The van der Waals surface area contributed by atoms with E-state index >= 15 is 0 Å². The zero-order chi connectivity index (χ0) is 13.9. The molecule has 0 spiro atoms. The van der Waals surface area contributed by atoms with Gasteiger partial charge in [-0.05, 0) is 17.7 Å². The van der Waals surface area contributed by atoms with Crippen molar-refractivity contribution >= 4 is 10.2 Å². The van der Waals surface area contributed by atoms with Gasteiger partial charge in [-0.2, -0.15) is 17.0 Å². The Labute approximate surface area is 114 Å². The molecule has 0 aromatic carbocycles. The van der Waals surface area contributed by atoms with Crippen LogP contribution in [0.1, 0.15) is 5.56 Å². The molecule has 106 valence electrons. The first-order valence-corrected chi connectivity index (χ1v) is 7.68. The minimum Gasteiger partial charge on any atom is -0.296 e. The standard InChI is InChI=1S/C12H20N4O2S/c1-14(2)19(17,18)16-9-7-15(8-10-16)11-12-3-5-13-6-4-12/h3-6H,7-11H2,1-2H3. The van der Waals surface area contributed by atoms with E-state index in [9.17, 15) is 8.42 Å². The molecule has 0 N–H and O–H groups in total. The number of piperazine rings is 1. The van der Waals surface area contributed by atoms with Gasteiger partial charge in [-0.15, -0.1) is 0 Å². The molecule has 0 bridgehead atoms. The van der Waals surface area contributed by atoms with Crippen molar-refractivity contribution in [3.8, 4) is 0 Å². The van der Waals surface area contributed by atoms with Crippen LogP contribution in [0.25, 0.3) is 0 Å². The molecule has 2 heterocycles. The Morgan fingerprint density at radius 2 is 1.74 bits per heavy atom. The number of hydrogen-bond donors (Lipinski definition) is 0. The molecule has 1 aromatic heterocycles. The number of rotatable bonds is 4. The quantitative estimate of drug-likeness (QED) is 0.781. The van der Waals surface area contributed by atoms with E-state index in [1.165, 1.54) is 14.2 Å². The van der Waals surface area contributed by atoms with Crippen molar-refractivity contribution in [3.63, 3.8) is 0 Å². The van der Waals surface area contributed by atoms with Gasteiger partial charge in [0.15, 0.2) is 0 Å². The number of hydrogen-bond acceptors (Lipinski definition) is 4. The van der Waals surface area contributed by atoms with Crippen molar-refractivity contribution in [3.05, 3.63) is 30.1 Å². The van der Waals surface area contributed by atoms with E-state index in [0.29, 0.717) is 13.1 Å². The molecule has 0 radical (unpaired) electrons. The molecule has 0 amide bonds. The fraction of sp³-hybridized carbons (Fsp3) is 0.583. The molecule has 0 unspecified atom stereocenters. The van der Waals surface area contributed by atoms with Gasteiger partial charge in [-0.25, -0.2) is 0 Å². The van der Waals surface area contributed by atoms with E-state index in [1.54, 1.807) is 26.5 Å². The summed E-state index contributed by atoms with van der Waals surface area (Å²) in [5.74, 6) is 0. The first-order valence-electron chi connectivity index (χ1n) is 6.29. The molecule has 0 saturated carbocycles. The number of aromatic nitrogens is 1. The maximum absolute atomic E-state index is 12.0. The summed E-state index contributed by atoms with van der Waals surface area (Å²) in [7, 11) is -0.130. The maximum Gasteiger partial charge on any atom is 0.281 e.